The third-order valence-electron chi connectivity index (χ3n) is 4.93. The summed E-state index contributed by atoms with van der Waals surface area (Å²) in [6, 6.07) is 3.40. The summed E-state index contributed by atoms with van der Waals surface area (Å²) in [6.07, 6.45) is 6.26. The van der Waals surface area contributed by atoms with Crippen LogP contribution in [-0.2, 0) is 4.79 Å². The number of aromatic nitrogens is 1. The molecule has 0 spiro atoms. The van der Waals surface area contributed by atoms with E-state index in [9.17, 15) is 9.18 Å². The summed E-state index contributed by atoms with van der Waals surface area (Å²) in [5.41, 5.74) is 0.707. The average molecular weight is 413 g/mol. The van der Waals surface area contributed by atoms with Gasteiger partial charge in [-0.1, -0.05) is 0 Å². The zero-order valence-corrected chi connectivity index (χ0v) is 16.5. The number of hydrogen-bond donors (Lipinski definition) is 5. The molecule has 2 aliphatic carbocycles. The maximum Gasteiger partial charge on any atom is 0.256 e. The Morgan fingerprint density at radius 3 is 2.87 bits per heavy atom. The van der Waals surface area contributed by atoms with Crippen molar-refractivity contribution in [3.05, 3.63) is 41.6 Å². The van der Waals surface area contributed by atoms with Gasteiger partial charge in [0.25, 0.3) is 5.91 Å². The zero-order chi connectivity index (χ0) is 21.1. The molecule has 10 heteroatoms. The van der Waals surface area contributed by atoms with Gasteiger partial charge in [0.1, 0.15) is 35.4 Å². The van der Waals surface area contributed by atoms with Gasteiger partial charge in [-0.15, -0.1) is 0 Å². The van der Waals surface area contributed by atoms with Crippen molar-refractivity contribution < 1.29 is 13.9 Å². The van der Waals surface area contributed by atoms with Crippen molar-refractivity contribution in [3.8, 4) is 5.88 Å². The Bertz CT molecular complexity index is 933. The van der Waals surface area contributed by atoms with Crippen molar-refractivity contribution in [3.63, 3.8) is 0 Å². The van der Waals surface area contributed by atoms with Gasteiger partial charge in [0.2, 0.25) is 5.88 Å². The summed E-state index contributed by atoms with van der Waals surface area (Å²) < 4.78 is 18.9. The van der Waals surface area contributed by atoms with E-state index in [4.69, 9.17) is 10.1 Å². The van der Waals surface area contributed by atoms with Gasteiger partial charge in [-0.05, 0) is 37.8 Å². The molecule has 2 fully saturated rings. The summed E-state index contributed by atoms with van der Waals surface area (Å²) in [6.45, 7) is 0. The number of anilines is 1. The fourth-order valence-electron chi connectivity index (χ4n) is 3.04. The molecule has 0 unspecified atom stereocenters. The first-order chi connectivity index (χ1) is 14.6. The second-order valence-electron chi connectivity index (χ2n) is 7.37. The van der Waals surface area contributed by atoms with Crippen LogP contribution in [0.4, 0.5) is 10.1 Å². The van der Waals surface area contributed by atoms with Crippen molar-refractivity contribution in [2.75, 3.05) is 12.4 Å². The third-order valence-corrected chi connectivity index (χ3v) is 4.93. The molecule has 0 saturated heterocycles. The summed E-state index contributed by atoms with van der Waals surface area (Å²) in [5.74, 6) is 1.27. The number of amidine groups is 1. The first-order valence-corrected chi connectivity index (χ1v) is 9.89. The number of hydrogen-bond acceptors (Lipinski definition) is 8. The summed E-state index contributed by atoms with van der Waals surface area (Å²) in [7, 11) is 1.73. The van der Waals surface area contributed by atoms with E-state index >= 15 is 0 Å². The Balaban J connectivity index is 1.57. The maximum absolute atomic E-state index is 13.0. The van der Waals surface area contributed by atoms with Crippen LogP contribution in [0.3, 0.4) is 0 Å². The highest BCUT2D eigenvalue weighted by atomic mass is 19.1. The van der Waals surface area contributed by atoms with Gasteiger partial charge in [0, 0.05) is 31.6 Å². The van der Waals surface area contributed by atoms with E-state index in [2.05, 4.69) is 31.2 Å². The predicted molar refractivity (Wildman–Crippen MR) is 111 cm³/mol. The van der Waals surface area contributed by atoms with Crippen molar-refractivity contribution >= 4 is 23.6 Å². The topological polar surface area (TPSA) is 124 Å². The Morgan fingerprint density at radius 1 is 1.40 bits per heavy atom. The average Bonchev–Trinajstić information content (AvgIpc) is 3.53. The van der Waals surface area contributed by atoms with Crippen molar-refractivity contribution in [2.45, 2.75) is 44.0 Å². The van der Waals surface area contributed by atoms with Crippen LogP contribution in [0.5, 0.6) is 5.88 Å². The number of aliphatic imine (C=N–C) groups is 1. The quantitative estimate of drug-likeness (QED) is 0.342. The normalized spacial score (nSPS) is 24.3. The Morgan fingerprint density at radius 2 is 2.20 bits per heavy atom. The molecular formula is C20H24FN7O2. The fraction of sp³-hybridized carbons (Fsp3) is 0.400. The molecule has 5 N–H and O–H groups in total. The van der Waals surface area contributed by atoms with Gasteiger partial charge < -0.3 is 31.4 Å². The van der Waals surface area contributed by atoms with Crippen molar-refractivity contribution in [2.24, 2.45) is 4.99 Å². The Kier molecular flexibility index (Phi) is 5.64. The molecule has 30 heavy (non-hydrogen) atoms. The van der Waals surface area contributed by atoms with Gasteiger partial charge in [0.05, 0.1) is 5.57 Å². The molecule has 1 amide bonds. The minimum absolute atomic E-state index is 0.0538. The molecule has 0 bridgehead atoms. The molecule has 0 radical (unpaired) electrons. The van der Waals surface area contributed by atoms with Crippen molar-refractivity contribution in [1.29, 1.82) is 5.41 Å². The lowest BCUT2D eigenvalue weighted by molar-refractivity contribution is -0.118. The number of amides is 1. The number of pyridine rings is 1. The molecule has 4 rings (SSSR count). The van der Waals surface area contributed by atoms with E-state index in [1.54, 1.807) is 25.4 Å². The van der Waals surface area contributed by atoms with Crippen LogP contribution in [0.1, 0.15) is 25.7 Å². The van der Waals surface area contributed by atoms with Gasteiger partial charge in [-0.25, -0.2) is 14.4 Å². The lowest BCUT2D eigenvalue weighted by Crippen LogP contribution is -2.46. The number of carbonyl (C=O) groups is 1. The molecule has 0 atom stereocenters. The maximum atomic E-state index is 13.0. The SMILES string of the molecule is CNC1=CC(Nc2cccnc2OC2CC2)=N/C(=C(/C=N)C(=O)NC2CC(F)C2)N1. The van der Waals surface area contributed by atoms with Gasteiger partial charge >= 0.3 is 0 Å². The second-order valence-corrected chi connectivity index (χ2v) is 7.37. The minimum atomic E-state index is -0.877. The van der Waals surface area contributed by atoms with E-state index in [0.717, 1.165) is 19.1 Å². The molecule has 2 heterocycles. The summed E-state index contributed by atoms with van der Waals surface area (Å²) in [4.78, 5) is 21.3. The number of alkyl halides is 1. The van der Waals surface area contributed by atoms with E-state index in [0.29, 0.717) is 36.1 Å². The standard InChI is InChI=1S/C20H24FN7O2/c1-23-16-9-17(26-15-3-2-6-24-20(15)30-13-4-5-13)28-18(27-16)14(10-22)19(29)25-12-7-11(21)8-12/h2-3,6,9-13,22-23,27H,4-5,7-8H2,1H3,(H,25,29)(H,26,28)/b18-14-,22-10?. The van der Waals surface area contributed by atoms with E-state index < -0.39 is 12.1 Å². The summed E-state index contributed by atoms with van der Waals surface area (Å²) >= 11 is 0. The predicted octanol–water partition coefficient (Wildman–Crippen LogP) is 1.58. The number of halogens is 1. The molecule has 0 aromatic carbocycles. The molecule has 158 valence electrons. The first kappa shape index (κ1) is 19.9. The molecule has 1 aromatic heterocycles. The highest BCUT2D eigenvalue weighted by Crippen LogP contribution is 2.30. The van der Waals surface area contributed by atoms with Gasteiger partial charge in [-0.3, -0.25) is 4.79 Å². The van der Waals surface area contributed by atoms with E-state index in [1.165, 1.54) is 0 Å². The van der Waals surface area contributed by atoms with Crippen LogP contribution in [0.25, 0.3) is 0 Å². The number of ether oxygens (including phenoxy) is 1. The monoisotopic (exact) mass is 413 g/mol. The lowest BCUT2D eigenvalue weighted by Gasteiger charge is -2.30. The number of carbonyl (C=O) groups excluding carboxylic acids is 1. The first-order valence-electron chi connectivity index (χ1n) is 9.89. The molecular weight excluding hydrogens is 389 g/mol. The Hall–Kier alpha value is -3.43. The van der Waals surface area contributed by atoms with Crippen LogP contribution in [0, 0.1) is 5.41 Å². The second kappa shape index (κ2) is 8.52. The van der Waals surface area contributed by atoms with Crippen LogP contribution in [-0.4, -0.2) is 48.3 Å². The molecule has 2 saturated carbocycles. The molecule has 1 aliphatic heterocycles. The summed E-state index contributed by atoms with van der Waals surface area (Å²) in [5, 5.41) is 19.6. The van der Waals surface area contributed by atoms with Crippen LogP contribution < -0.4 is 26.0 Å². The number of nitrogens with one attached hydrogen (secondary N) is 5. The van der Waals surface area contributed by atoms with Crippen LogP contribution in [0.2, 0.25) is 0 Å². The largest absolute Gasteiger partial charge is 0.473 e. The van der Waals surface area contributed by atoms with Crippen LogP contribution >= 0.6 is 0 Å². The molecule has 1 aromatic rings. The zero-order valence-electron chi connectivity index (χ0n) is 16.5. The van der Waals surface area contributed by atoms with Gasteiger partial charge in [-0.2, -0.15) is 0 Å². The van der Waals surface area contributed by atoms with E-state index in [1.807, 2.05) is 6.07 Å². The smallest absolute Gasteiger partial charge is 0.256 e. The minimum Gasteiger partial charge on any atom is -0.473 e. The van der Waals surface area contributed by atoms with Crippen LogP contribution in [0.15, 0.2) is 46.6 Å². The number of rotatable bonds is 7. The molecule has 3 aliphatic rings. The van der Waals surface area contributed by atoms with E-state index in [-0.39, 0.29) is 23.5 Å². The molecule has 9 nitrogen and oxygen atoms in total. The number of nitrogens with zero attached hydrogens (tertiary/aromatic N) is 2. The highest BCUT2D eigenvalue weighted by molar-refractivity contribution is 6.13. The van der Waals surface area contributed by atoms with Gasteiger partial charge in [0.15, 0.2) is 0 Å². The van der Waals surface area contributed by atoms with Crippen molar-refractivity contribution in [1.82, 2.24) is 20.9 Å². The highest BCUT2D eigenvalue weighted by Gasteiger charge is 2.31. The Labute approximate surface area is 173 Å². The third kappa shape index (κ3) is 4.58. The lowest BCUT2D eigenvalue weighted by atomic mass is 9.90. The fourth-order valence-corrected chi connectivity index (χ4v) is 3.04.